The Morgan fingerprint density at radius 1 is 1.56 bits per heavy atom. The van der Waals surface area contributed by atoms with Crippen LogP contribution in [0.2, 0.25) is 0 Å². The maximum Gasteiger partial charge on any atom is 0.342 e. The number of thioether (sulfide) groups is 1. The fraction of sp³-hybridized carbons (Fsp3) is 0.667. The zero-order valence-corrected chi connectivity index (χ0v) is 11.4. The summed E-state index contributed by atoms with van der Waals surface area (Å²) in [6, 6.07) is 0.277. The van der Waals surface area contributed by atoms with Crippen LogP contribution in [-0.4, -0.2) is 26.6 Å². The SMILES string of the molecule is CCCSc1nn(C2CCCC2)c(N)c1C(=O)O. The molecule has 1 saturated carbocycles. The predicted octanol–water partition coefficient (Wildman–Crippen LogP) is 2.78. The van der Waals surface area contributed by atoms with E-state index in [0.29, 0.717) is 10.8 Å². The van der Waals surface area contributed by atoms with Crippen LogP contribution in [-0.2, 0) is 0 Å². The average Bonchev–Trinajstić information content (AvgIpc) is 2.93. The zero-order valence-electron chi connectivity index (χ0n) is 10.6. The molecule has 6 heteroatoms. The molecule has 1 aromatic heterocycles. The van der Waals surface area contributed by atoms with Crippen LogP contribution < -0.4 is 5.73 Å². The molecule has 0 aromatic carbocycles. The molecule has 0 aliphatic heterocycles. The highest BCUT2D eigenvalue weighted by Crippen LogP contribution is 2.35. The highest BCUT2D eigenvalue weighted by atomic mass is 32.2. The van der Waals surface area contributed by atoms with Crippen molar-refractivity contribution in [3.63, 3.8) is 0 Å². The molecular formula is C12H19N3O2S. The molecule has 2 rings (SSSR count). The highest BCUT2D eigenvalue weighted by Gasteiger charge is 2.27. The van der Waals surface area contributed by atoms with Crippen molar-refractivity contribution in [3.8, 4) is 0 Å². The number of carboxylic acids is 1. The first-order valence-corrected chi connectivity index (χ1v) is 7.37. The van der Waals surface area contributed by atoms with Gasteiger partial charge >= 0.3 is 5.97 Å². The molecule has 0 atom stereocenters. The van der Waals surface area contributed by atoms with E-state index in [1.165, 1.54) is 24.6 Å². The number of carboxylic acid groups (broad SMARTS) is 1. The monoisotopic (exact) mass is 269 g/mol. The summed E-state index contributed by atoms with van der Waals surface area (Å²) in [5.41, 5.74) is 6.14. The van der Waals surface area contributed by atoms with Crippen molar-refractivity contribution in [1.29, 1.82) is 0 Å². The Bertz CT molecular complexity index is 439. The Balaban J connectivity index is 2.33. The van der Waals surface area contributed by atoms with Gasteiger partial charge in [0.1, 0.15) is 16.4 Å². The molecule has 0 amide bonds. The zero-order chi connectivity index (χ0) is 13.1. The van der Waals surface area contributed by atoms with Gasteiger partial charge in [-0.2, -0.15) is 5.10 Å². The first-order chi connectivity index (χ1) is 8.65. The number of anilines is 1. The molecule has 3 N–H and O–H groups in total. The first-order valence-electron chi connectivity index (χ1n) is 6.39. The number of nitrogen functional groups attached to an aromatic ring is 1. The van der Waals surface area contributed by atoms with E-state index in [9.17, 15) is 9.90 Å². The first kappa shape index (κ1) is 13.3. The van der Waals surface area contributed by atoms with Crippen molar-refractivity contribution in [1.82, 2.24) is 9.78 Å². The largest absolute Gasteiger partial charge is 0.477 e. The lowest BCUT2D eigenvalue weighted by atomic mass is 10.2. The molecule has 5 nitrogen and oxygen atoms in total. The number of aromatic nitrogens is 2. The van der Waals surface area contributed by atoms with E-state index in [0.717, 1.165) is 25.0 Å². The maximum atomic E-state index is 11.3. The Labute approximate surface area is 111 Å². The van der Waals surface area contributed by atoms with E-state index in [-0.39, 0.29) is 11.6 Å². The van der Waals surface area contributed by atoms with E-state index >= 15 is 0 Å². The van der Waals surface area contributed by atoms with Crippen molar-refractivity contribution < 1.29 is 9.90 Å². The lowest BCUT2D eigenvalue weighted by Gasteiger charge is -2.11. The molecule has 0 bridgehead atoms. The Morgan fingerprint density at radius 3 is 2.78 bits per heavy atom. The van der Waals surface area contributed by atoms with Crippen LogP contribution in [0.3, 0.4) is 0 Å². The molecule has 0 saturated heterocycles. The van der Waals surface area contributed by atoms with Crippen molar-refractivity contribution >= 4 is 23.5 Å². The molecule has 1 heterocycles. The third-order valence-electron chi connectivity index (χ3n) is 3.24. The smallest absolute Gasteiger partial charge is 0.342 e. The summed E-state index contributed by atoms with van der Waals surface area (Å²) in [6.07, 6.45) is 5.42. The molecular weight excluding hydrogens is 250 g/mol. The van der Waals surface area contributed by atoms with Gasteiger partial charge in [-0.25, -0.2) is 9.48 Å². The molecule has 18 heavy (non-hydrogen) atoms. The van der Waals surface area contributed by atoms with E-state index in [1.807, 2.05) is 0 Å². The van der Waals surface area contributed by atoms with Crippen molar-refractivity contribution in [2.75, 3.05) is 11.5 Å². The maximum absolute atomic E-state index is 11.3. The molecule has 1 aliphatic rings. The summed E-state index contributed by atoms with van der Waals surface area (Å²) in [6.45, 7) is 2.06. The number of rotatable bonds is 5. The van der Waals surface area contributed by atoms with Crippen LogP contribution in [0, 0.1) is 0 Å². The lowest BCUT2D eigenvalue weighted by Crippen LogP contribution is -2.11. The molecule has 100 valence electrons. The van der Waals surface area contributed by atoms with Gasteiger partial charge in [0.05, 0.1) is 6.04 Å². The Hall–Kier alpha value is -1.17. The van der Waals surface area contributed by atoms with Crippen LogP contribution in [0.5, 0.6) is 0 Å². The quantitative estimate of drug-likeness (QED) is 0.803. The van der Waals surface area contributed by atoms with Crippen molar-refractivity contribution in [2.24, 2.45) is 0 Å². The van der Waals surface area contributed by atoms with Gasteiger partial charge in [-0.15, -0.1) is 11.8 Å². The summed E-state index contributed by atoms with van der Waals surface area (Å²) in [5, 5.41) is 14.2. The van der Waals surface area contributed by atoms with Gasteiger partial charge in [0.2, 0.25) is 0 Å². The molecule has 1 fully saturated rings. The van der Waals surface area contributed by atoms with E-state index < -0.39 is 5.97 Å². The number of hydrogen-bond acceptors (Lipinski definition) is 4. The molecule has 0 unspecified atom stereocenters. The third-order valence-corrected chi connectivity index (χ3v) is 4.41. The van der Waals surface area contributed by atoms with Gasteiger partial charge in [-0.1, -0.05) is 19.8 Å². The van der Waals surface area contributed by atoms with E-state index in [1.54, 1.807) is 4.68 Å². The molecule has 1 aromatic rings. The minimum absolute atomic E-state index is 0.181. The van der Waals surface area contributed by atoms with Gasteiger partial charge in [-0.05, 0) is 25.0 Å². The lowest BCUT2D eigenvalue weighted by molar-refractivity contribution is 0.0694. The van der Waals surface area contributed by atoms with Crippen LogP contribution in [0.15, 0.2) is 5.03 Å². The summed E-state index contributed by atoms with van der Waals surface area (Å²) in [4.78, 5) is 11.3. The fourth-order valence-electron chi connectivity index (χ4n) is 2.35. The summed E-state index contributed by atoms with van der Waals surface area (Å²) in [5.74, 6) is 0.199. The van der Waals surface area contributed by atoms with Gasteiger partial charge in [0.15, 0.2) is 0 Å². The van der Waals surface area contributed by atoms with Gasteiger partial charge in [0.25, 0.3) is 0 Å². The van der Waals surface area contributed by atoms with Crippen LogP contribution in [0.25, 0.3) is 0 Å². The molecule has 1 aliphatic carbocycles. The van der Waals surface area contributed by atoms with Gasteiger partial charge < -0.3 is 10.8 Å². The number of nitrogens with two attached hydrogens (primary N) is 1. The average molecular weight is 269 g/mol. The molecule has 0 radical (unpaired) electrons. The van der Waals surface area contributed by atoms with E-state index in [2.05, 4.69) is 12.0 Å². The fourth-order valence-corrected chi connectivity index (χ4v) is 3.23. The van der Waals surface area contributed by atoms with Gasteiger partial charge in [-0.3, -0.25) is 0 Å². The molecule has 0 spiro atoms. The minimum atomic E-state index is -0.977. The third kappa shape index (κ3) is 2.48. The summed E-state index contributed by atoms with van der Waals surface area (Å²) >= 11 is 1.48. The number of aromatic carboxylic acids is 1. The second kappa shape index (κ2) is 5.65. The summed E-state index contributed by atoms with van der Waals surface area (Å²) < 4.78 is 1.73. The van der Waals surface area contributed by atoms with Crippen LogP contribution in [0.1, 0.15) is 55.4 Å². The normalized spacial score (nSPS) is 16.3. The number of carbonyl (C=O) groups is 1. The number of nitrogens with zero attached hydrogens (tertiary/aromatic N) is 2. The topological polar surface area (TPSA) is 81.1 Å². The van der Waals surface area contributed by atoms with Crippen molar-refractivity contribution in [2.45, 2.75) is 50.1 Å². The predicted molar refractivity (Wildman–Crippen MR) is 72.1 cm³/mol. The highest BCUT2D eigenvalue weighted by molar-refractivity contribution is 7.99. The van der Waals surface area contributed by atoms with Crippen molar-refractivity contribution in [3.05, 3.63) is 5.56 Å². The van der Waals surface area contributed by atoms with Crippen LogP contribution in [0.4, 0.5) is 5.82 Å². The Morgan fingerprint density at radius 2 is 2.22 bits per heavy atom. The van der Waals surface area contributed by atoms with E-state index in [4.69, 9.17) is 5.73 Å². The van der Waals surface area contributed by atoms with Crippen LogP contribution >= 0.6 is 11.8 Å². The minimum Gasteiger partial charge on any atom is -0.477 e. The second-order valence-electron chi connectivity index (χ2n) is 4.60. The summed E-state index contributed by atoms with van der Waals surface area (Å²) in [7, 11) is 0. The number of hydrogen-bond donors (Lipinski definition) is 2. The van der Waals surface area contributed by atoms with Gasteiger partial charge in [0, 0.05) is 0 Å². The Kier molecular flexibility index (Phi) is 4.16. The second-order valence-corrected chi connectivity index (χ2v) is 5.69. The standard InChI is InChI=1S/C12H19N3O2S/c1-2-7-18-11-9(12(16)17)10(13)15(14-11)8-5-3-4-6-8/h8H,2-7,13H2,1H3,(H,16,17).